The number of aliphatic hydroxyl groups excluding tert-OH is 1. The fourth-order valence-electron chi connectivity index (χ4n) is 3.15. The van der Waals surface area contributed by atoms with Gasteiger partial charge < -0.3 is 10.0 Å². The Bertz CT molecular complexity index is 742. The Hall–Kier alpha value is -2.10. The fourth-order valence-corrected chi connectivity index (χ4v) is 3.35. The molecule has 2 aliphatic rings. The average Bonchev–Trinajstić information content (AvgIpc) is 2.89. The van der Waals surface area contributed by atoms with Crippen molar-refractivity contribution in [3.8, 4) is 6.07 Å². The van der Waals surface area contributed by atoms with Gasteiger partial charge in [-0.1, -0.05) is 11.6 Å². The number of amides is 3. The Morgan fingerprint density at radius 1 is 1.45 bits per heavy atom. The Kier molecular flexibility index (Phi) is 3.17. The smallest absolute Gasteiger partial charge is 0.332 e. The molecule has 1 aromatic rings. The number of aliphatic hydroxyl groups is 1. The second-order valence-electron chi connectivity index (χ2n) is 5.71. The number of urea groups is 1. The average molecular weight is 320 g/mol. The van der Waals surface area contributed by atoms with Gasteiger partial charge in [0.05, 0.1) is 22.4 Å². The van der Waals surface area contributed by atoms with Gasteiger partial charge in [0.15, 0.2) is 0 Å². The van der Waals surface area contributed by atoms with Crippen LogP contribution >= 0.6 is 11.6 Å². The van der Waals surface area contributed by atoms with E-state index in [0.29, 0.717) is 24.2 Å². The summed E-state index contributed by atoms with van der Waals surface area (Å²) in [7, 11) is 0. The first-order valence-corrected chi connectivity index (χ1v) is 7.25. The summed E-state index contributed by atoms with van der Waals surface area (Å²) in [5.74, 6) is -0.466. The highest BCUT2D eigenvalue weighted by Crippen LogP contribution is 2.41. The molecule has 1 aromatic carbocycles. The predicted octanol–water partition coefficient (Wildman–Crippen LogP) is 1.81. The molecule has 114 valence electrons. The van der Waals surface area contributed by atoms with Gasteiger partial charge in [0.25, 0.3) is 5.91 Å². The van der Waals surface area contributed by atoms with E-state index in [2.05, 4.69) is 0 Å². The van der Waals surface area contributed by atoms with E-state index in [9.17, 15) is 14.7 Å². The zero-order valence-corrected chi connectivity index (χ0v) is 12.9. The van der Waals surface area contributed by atoms with E-state index < -0.39 is 23.6 Å². The molecule has 3 rings (SSSR count). The molecular formula is C15H14ClN3O3. The zero-order chi connectivity index (χ0) is 16.2. The number of halogens is 1. The molecule has 22 heavy (non-hydrogen) atoms. The van der Waals surface area contributed by atoms with Crippen molar-refractivity contribution in [3.63, 3.8) is 0 Å². The minimum Gasteiger partial charge on any atom is -0.390 e. The molecule has 2 saturated heterocycles. The topological polar surface area (TPSA) is 84.6 Å². The van der Waals surface area contributed by atoms with Gasteiger partial charge in [-0.2, -0.15) is 5.26 Å². The number of carbonyl (C=O) groups is 2. The lowest BCUT2D eigenvalue weighted by atomic mass is 9.95. The van der Waals surface area contributed by atoms with Crippen molar-refractivity contribution >= 4 is 29.2 Å². The molecular weight excluding hydrogens is 306 g/mol. The fraction of sp³-hybridized carbons (Fsp3) is 0.400. The first-order valence-electron chi connectivity index (χ1n) is 6.87. The second-order valence-corrected chi connectivity index (χ2v) is 6.09. The molecule has 0 saturated carbocycles. The van der Waals surface area contributed by atoms with Gasteiger partial charge in [-0.3, -0.25) is 4.79 Å². The van der Waals surface area contributed by atoms with E-state index in [4.69, 9.17) is 16.9 Å². The van der Waals surface area contributed by atoms with Crippen LogP contribution < -0.4 is 4.90 Å². The number of anilines is 1. The van der Waals surface area contributed by atoms with Crippen LogP contribution in [0.4, 0.5) is 10.5 Å². The molecule has 0 spiro atoms. The van der Waals surface area contributed by atoms with Crippen molar-refractivity contribution in [2.45, 2.75) is 31.9 Å². The molecule has 2 atom stereocenters. The van der Waals surface area contributed by atoms with Crippen molar-refractivity contribution < 1.29 is 14.7 Å². The number of nitriles is 1. The van der Waals surface area contributed by atoms with Crippen LogP contribution in [0.5, 0.6) is 0 Å². The molecule has 1 N–H and O–H groups in total. The SMILES string of the molecule is Cc1c(N2C(=O)N3CC[C@@H](O)[C@@]3(C)C2=O)ccc(C#N)c1Cl. The Labute approximate surface area is 132 Å². The van der Waals surface area contributed by atoms with Crippen LogP contribution in [0, 0.1) is 18.3 Å². The maximum atomic E-state index is 12.7. The summed E-state index contributed by atoms with van der Waals surface area (Å²) in [6, 6.07) is 4.51. The summed E-state index contributed by atoms with van der Waals surface area (Å²) in [4.78, 5) is 27.8. The van der Waals surface area contributed by atoms with Crippen LogP contribution in [-0.4, -0.2) is 40.1 Å². The Morgan fingerprint density at radius 2 is 2.14 bits per heavy atom. The maximum absolute atomic E-state index is 12.7. The monoisotopic (exact) mass is 319 g/mol. The van der Waals surface area contributed by atoms with E-state index in [1.54, 1.807) is 13.8 Å². The molecule has 7 heteroatoms. The third-order valence-electron chi connectivity index (χ3n) is 4.61. The van der Waals surface area contributed by atoms with Crippen LogP contribution in [-0.2, 0) is 4.79 Å². The van der Waals surface area contributed by atoms with E-state index in [1.165, 1.54) is 17.0 Å². The largest absolute Gasteiger partial charge is 0.390 e. The van der Waals surface area contributed by atoms with Gasteiger partial charge in [0.2, 0.25) is 0 Å². The molecule has 3 amide bonds. The molecule has 6 nitrogen and oxygen atoms in total. The highest BCUT2D eigenvalue weighted by molar-refractivity contribution is 6.33. The number of hydrogen-bond donors (Lipinski definition) is 1. The Morgan fingerprint density at radius 3 is 2.73 bits per heavy atom. The molecule has 0 radical (unpaired) electrons. The molecule has 2 heterocycles. The van der Waals surface area contributed by atoms with Crippen LogP contribution in [0.15, 0.2) is 12.1 Å². The molecule has 0 aromatic heterocycles. The first kappa shape index (κ1) is 14.8. The van der Waals surface area contributed by atoms with E-state index >= 15 is 0 Å². The molecule has 0 aliphatic carbocycles. The third-order valence-corrected chi connectivity index (χ3v) is 5.10. The lowest BCUT2D eigenvalue weighted by Crippen LogP contribution is -2.49. The number of benzene rings is 1. The van der Waals surface area contributed by atoms with Crippen molar-refractivity contribution in [2.75, 3.05) is 11.4 Å². The lowest BCUT2D eigenvalue weighted by molar-refractivity contribution is -0.126. The van der Waals surface area contributed by atoms with Crippen LogP contribution in [0.1, 0.15) is 24.5 Å². The standard InChI is InChI=1S/C15H14ClN3O3/c1-8-10(4-3-9(7-17)12(8)16)19-13(21)15(2)11(20)5-6-18(15)14(19)22/h3-4,11,20H,5-6H2,1-2H3/t11-,15+/m1/s1. The summed E-state index contributed by atoms with van der Waals surface area (Å²) >= 11 is 6.12. The second kappa shape index (κ2) is 4.70. The quantitative estimate of drug-likeness (QED) is 0.800. The van der Waals surface area contributed by atoms with E-state index in [1.807, 2.05) is 6.07 Å². The number of rotatable bonds is 1. The van der Waals surface area contributed by atoms with Crippen LogP contribution in [0.2, 0.25) is 5.02 Å². The molecule has 2 aliphatic heterocycles. The molecule has 0 bridgehead atoms. The number of nitrogens with zero attached hydrogens (tertiary/aromatic N) is 3. The van der Waals surface area contributed by atoms with Gasteiger partial charge in [-0.25, -0.2) is 9.69 Å². The van der Waals surface area contributed by atoms with Crippen molar-refractivity contribution in [1.29, 1.82) is 5.26 Å². The van der Waals surface area contributed by atoms with Crippen molar-refractivity contribution in [2.24, 2.45) is 0 Å². The number of hydrogen-bond acceptors (Lipinski definition) is 4. The van der Waals surface area contributed by atoms with Gasteiger partial charge >= 0.3 is 6.03 Å². The normalized spacial score (nSPS) is 27.3. The van der Waals surface area contributed by atoms with Gasteiger partial charge in [-0.15, -0.1) is 0 Å². The van der Waals surface area contributed by atoms with Crippen molar-refractivity contribution in [1.82, 2.24) is 4.90 Å². The molecule has 0 unspecified atom stereocenters. The summed E-state index contributed by atoms with van der Waals surface area (Å²) in [6.45, 7) is 3.56. The summed E-state index contributed by atoms with van der Waals surface area (Å²) < 4.78 is 0. The zero-order valence-electron chi connectivity index (χ0n) is 12.1. The number of carbonyl (C=O) groups excluding carboxylic acids is 2. The van der Waals surface area contributed by atoms with Gasteiger partial charge in [0, 0.05) is 6.54 Å². The summed E-state index contributed by atoms with van der Waals surface area (Å²) in [6.07, 6.45) is -0.502. The Balaban J connectivity index is 2.12. The highest BCUT2D eigenvalue weighted by atomic mass is 35.5. The first-order chi connectivity index (χ1) is 10.3. The maximum Gasteiger partial charge on any atom is 0.332 e. The van der Waals surface area contributed by atoms with E-state index in [-0.39, 0.29) is 10.6 Å². The number of imide groups is 1. The van der Waals surface area contributed by atoms with Crippen molar-refractivity contribution in [3.05, 3.63) is 28.3 Å². The lowest BCUT2D eigenvalue weighted by Gasteiger charge is -2.26. The third kappa shape index (κ3) is 1.64. The van der Waals surface area contributed by atoms with Gasteiger partial charge in [0.1, 0.15) is 11.6 Å². The summed E-state index contributed by atoms with van der Waals surface area (Å²) in [5.41, 5.74) is -0.110. The summed E-state index contributed by atoms with van der Waals surface area (Å²) in [5, 5.41) is 19.3. The van der Waals surface area contributed by atoms with Crippen LogP contribution in [0.3, 0.4) is 0 Å². The highest BCUT2D eigenvalue weighted by Gasteiger charge is 2.61. The molecule has 2 fully saturated rings. The predicted molar refractivity (Wildman–Crippen MR) is 79.5 cm³/mol. The number of fused-ring (bicyclic) bond motifs is 1. The van der Waals surface area contributed by atoms with Gasteiger partial charge in [-0.05, 0) is 38.0 Å². The minimum absolute atomic E-state index is 0.221. The van der Waals surface area contributed by atoms with E-state index in [0.717, 1.165) is 4.90 Å². The van der Waals surface area contributed by atoms with Crippen LogP contribution in [0.25, 0.3) is 0 Å². The minimum atomic E-state index is -1.23.